The predicted octanol–water partition coefficient (Wildman–Crippen LogP) is 3.61. The van der Waals surface area contributed by atoms with Gasteiger partial charge in [0.2, 0.25) is 0 Å². The Morgan fingerprint density at radius 2 is 2.25 bits per heavy atom. The Balaban J connectivity index is 2.24. The Hall–Kier alpha value is -0.390. The summed E-state index contributed by atoms with van der Waals surface area (Å²) in [5, 5.41) is 3.19. The van der Waals surface area contributed by atoms with E-state index in [0.29, 0.717) is 6.61 Å². The summed E-state index contributed by atoms with van der Waals surface area (Å²) in [6.07, 6.45) is 4.49. The lowest BCUT2D eigenvalue weighted by Crippen LogP contribution is -2.11. The van der Waals surface area contributed by atoms with Crippen molar-refractivity contribution in [2.75, 3.05) is 25.1 Å². The number of nitrogens with zero attached hydrogens (tertiary/aromatic N) is 1. The molecule has 88 valence electrons. The van der Waals surface area contributed by atoms with E-state index in [2.05, 4.69) is 48.7 Å². The first-order chi connectivity index (χ1) is 7.74. The number of hydrogen-bond donors (Lipinski definition) is 1. The number of ether oxygens (including phenoxy) is 1. The van der Waals surface area contributed by atoms with Crippen LogP contribution in [-0.4, -0.2) is 24.7 Å². The Kier molecular flexibility index (Phi) is 6.68. The fourth-order valence-electron chi connectivity index (χ4n) is 1.05. The highest BCUT2D eigenvalue weighted by Gasteiger charge is 2.00. The van der Waals surface area contributed by atoms with Gasteiger partial charge in [0.05, 0.1) is 17.7 Å². The van der Waals surface area contributed by atoms with Crippen molar-refractivity contribution in [3.05, 3.63) is 33.9 Å². The Morgan fingerprint density at radius 1 is 1.44 bits per heavy atom. The van der Waals surface area contributed by atoms with Crippen molar-refractivity contribution >= 4 is 37.7 Å². The summed E-state index contributed by atoms with van der Waals surface area (Å²) in [6, 6.07) is 1.95. The van der Waals surface area contributed by atoms with Crippen molar-refractivity contribution in [1.29, 1.82) is 0 Å². The molecule has 0 saturated heterocycles. The lowest BCUT2D eigenvalue weighted by atomic mass is 10.4. The molecule has 0 bridgehead atoms. The summed E-state index contributed by atoms with van der Waals surface area (Å²) >= 11 is 6.78. The number of rotatable bonds is 7. The van der Waals surface area contributed by atoms with Gasteiger partial charge >= 0.3 is 0 Å². The molecule has 1 rings (SSSR count). The molecular formula is C11H14Br2N2O. The monoisotopic (exact) mass is 348 g/mol. The molecule has 16 heavy (non-hydrogen) atoms. The van der Waals surface area contributed by atoms with Crippen molar-refractivity contribution in [1.82, 2.24) is 4.98 Å². The molecule has 0 aliphatic carbocycles. The molecule has 1 aromatic rings. The smallest absolute Gasteiger partial charge is 0.140 e. The molecule has 0 atom stereocenters. The lowest BCUT2D eigenvalue weighted by Gasteiger charge is -2.07. The molecule has 0 fully saturated rings. The van der Waals surface area contributed by atoms with Gasteiger partial charge in [-0.25, -0.2) is 4.98 Å². The second-order valence-electron chi connectivity index (χ2n) is 3.10. The minimum Gasteiger partial charge on any atom is -0.379 e. The van der Waals surface area contributed by atoms with Crippen molar-refractivity contribution in [3.63, 3.8) is 0 Å². The number of aromatic nitrogens is 1. The zero-order valence-electron chi connectivity index (χ0n) is 8.88. The molecule has 0 amide bonds. The zero-order chi connectivity index (χ0) is 11.8. The van der Waals surface area contributed by atoms with Crippen molar-refractivity contribution in [2.24, 2.45) is 0 Å². The maximum absolute atomic E-state index is 5.37. The van der Waals surface area contributed by atoms with Gasteiger partial charge in [-0.1, -0.05) is 6.08 Å². The van der Waals surface area contributed by atoms with Crippen molar-refractivity contribution in [3.8, 4) is 0 Å². The summed E-state index contributed by atoms with van der Waals surface area (Å²) in [7, 11) is 0. The maximum Gasteiger partial charge on any atom is 0.140 e. The standard InChI is InChI=1S/C11H14Br2N2O/c1-2-3-5-16-6-4-14-11-10(13)7-9(12)8-15-11/h2,7-8H,1,3-6H2,(H,14,15). The average Bonchev–Trinajstić information content (AvgIpc) is 2.26. The molecule has 0 saturated carbocycles. The van der Waals surface area contributed by atoms with Gasteiger partial charge in [0.1, 0.15) is 5.82 Å². The van der Waals surface area contributed by atoms with Crippen LogP contribution >= 0.6 is 31.9 Å². The van der Waals surface area contributed by atoms with Crippen LogP contribution in [0.25, 0.3) is 0 Å². The van der Waals surface area contributed by atoms with Gasteiger partial charge < -0.3 is 10.1 Å². The summed E-state index contributed by atoms with van der Waals surface area (Å²) in [5.74, 6) is 0.829. The third kappa shape index (κ3) is 5.09. The van der Waals surface area contributed by atoms with Gasteiger partial charge in [0.25, 0.3) is 0 Å². The van der Waals surface area contributed by atoms with Crippen LogP contribution in [0.2, 0.25) is 0 Å². The molecule has 0 aromatic carbocycles. The highest BCUT2D eigenvalue weighted by Crippen LogP contribution is 2.22. The van der Waals surface area contributed by atoms with E-state index in [4.69, 9.17) is 4.74 Å². The molecule has 0 radical (unpaired) electrons. The Bertz CT molecular complexity index is 345. The van der Waals surface area contributed by atoms with E-state index in [1.54, 1.807) is 6.20 Å². The summed E-state index contributed by atoms with van der Waals surface area (Å²) < 4.78 is 7.26. The van der Waals surface area contributed by atoms with E-state index in [-0.39, 0.29) is 0 Å². The fourth-order valence-corrected chi connectivity index (χ4v) is 2.18. The topological polar surface area (TPSA) is 34.1 Å². The molecule has 0 aliphatic rings. The van der Waals surface area contributed by atoms with Gasteiger partial charge in [0, 0.05) is 17.2 Å². The van der Waals surface area contributed by atoms with Crippen LogP contribution in [0.1, 0.15) is 6.42 Å². The largest absolute Gasteiger partial charge is 0.379 e. The third-order valence-electron chi connectivity index (χ3n) is 1.81. The molecule has 1 heterocycles. The van der Waals surface area contributed by atoms with E-state index in [0.717, 1.165) is 34.3 Å². The SMILES string of the molecule is C=CCCOCCNc1ncc(Br)cc1Br. The van der Waals surface area contributed by atoms with Crippen LogP contribution in [0.3, 0.4) is 0 Å². The first-order valence-corrected chi connectivity index (χ1v) is 6.56. The quantitative estimate of drug-likeness (QED) is 0.603. The lowest BCUT2D eigenvalue weighted by molar-refractivity contribution is 0.149. The van der Waals surface area contributed by atoms with Gasteiger partial charge in [0.15, 0.2) is 0 Å². The molecular weight excluding hydrogens is 336 g/mol. The van der Waals surface area contributed by atoms with Crippen LogP contribution < -0.4 is 5.32 Å². The minimum atomic E-state index is 0.665. The number of pyridine rings is 1. The first-order valence-electron chi connectivity index (χ1n) is 4.97. The second-order valence-corrected chi connectivity index (χ2v) is 4.87. The summed E-state index contributed by atoms with van der Waals surface area (Å²) in [6.45, 7) is 5.76. The number of hydrogen-bond acceptors (Lipinski definition) is 3. The zero-order valence-corrected chi connectivity index (χ0v) is 12.1. The molecule has 0 unspecified atom stereocenters. The molecule has 3 nitrogen and oxygen atoms in total. The highest BCUT2D eigenvalue weighted by atomic mass is 79.9. The van der Waals surface area contributed by atoms with Gasteiger partial charge in [-0.05, 0) is 44.3 Å². The number of nitrogens with one attached hydrogen (secondary N) is 1. The van der Waals surface area contributed by atoms with Crippen LogP contribution in [0.15, 0.2) is 33.9 Å². The summed E-state index contributed by atoms with van der Waals surface area (Å²) in [5.41, 5.74) is 0. The minimum absolute atomic E-state index is 0.665. The molecule has 1 aromatic heterocycles. The normalized spacial score (nSPS) is 10.1. The van der Waals surface area contributed by atoms with Crippen molar-refractivity contribution < 1.29 is 4.74 Å². The van der Waals surface area contributed by atoms with Gasteiger partial charge in [-0.3, -0.25) is 0 Å². The average molecular weight is 350 g/mol. The van der Waals surface area contributed by atoms with E-state index in [1.807, 2.05) is 12.1 Å². The van der Waals surface area contributed by atoms with E-state index in [9.17, 15) is 0 Å². The first kappa shape index (κ1) is 13.7. The predicted molar refractivity (Wildman–Crippen MR) is 73.8 cm³/mol. The van der Waals surface area contributed by atoms with E-state index in [1.165, 1.54) is 0 Å². The van der Waals surface area contributed by atoms with Crippen LogP contribution in [-0.2, 0) is 4.74 Å². The highest BCUT2D eigenvalue weighted by molar-refractivity contribution is 9.11. The van der Waals surface area contributed by atoms with E-state index < -0.39 is 0 Å². The summed E-state index contributed by atoms with van der Waals surface area (Å²) in [4.78, 5) is 4.24. The Morgan fingerprint density at radius 3 is 2.94 bits per heavy atom. The van der Waals surface area contributed by atoms with Crippen LogP contribution in [0.4, 0.5) is 5.82 Å². The Labute approximate surface area is 113 Å². The second kappa shape index (κ2) is 7.81. The number of halogens is 2. The molecule has 0 aliphatic heterocycles. The maximum atomic E-state index is 5.37. The van der Waals surface area contributed by atoms with Gasteiger partial charge in [-0.2, -0.15) is 0 Å². The fraction of sp³-hybridized carbons (Fsp3) is 0.364. The van der Waals surface area contributed by atoms with Gasteiger partial charge in [-0.15, -0.1) is 6.58 Å². The van der Waals surface area contributed by atoms with Crippen molar-refractivity contribution in [2.45, 2.75) is 6.42 Å². The molecule has 0 spiro atoms. The molecule has 5 heteroatoms. The molecule has 1 N–H and O–H groups in total. The number of anilines is 1. The third-order valence-corrected chi connectivity index (χ3v) is 2.85. The van der Waals surface area contributed by atoms with Crippen LogP contribution in [0, 0.1) is 0 Å². The van der Waals surface area contributed by atoms with E-state index >= 15 is 0 Å². The van der Waals surface area contributed by atoms with Crippen LogP contribution in [0.5, 0.6) is 0 Å².